The highest BCUT2D eigenvalue weighted by Gasteiger charge is 2.26. The minimum absolute atomic E-state index is 0.256. The largest absolute Gasteiger partial charge is 0.385 e. The highest BCUT2D eigenvalue weighted by atomic mass is 32.2. The second-order valence-electron chi connectivity index (χ2n) is 9.42. The Kier molecular flexibility index (Phi) is 7.93. The minimum atomic E-state index is -3.34. The summed E-state index contributed by atoms with van der Waals surface area (Å²) in [6.07, 6.45) is 7.97. The quantitative estimate of drug-likeness (QED) is 0.594. The van der Waals surface area contributed by atoms with Gasteiger partial charge in [-0.2, -0.15) is 4.31 Å². The molecule has 1 saturated heterocycles. The molecule has 0 atom stereocenters. The second-order valence-corrected chi connectivity index (χ2v) is 13.0. The van der Waals surface area contributed by atoms with Crippen LogP contribution in [0.4, 0.5) is 5.69 Å². The molecule has 0 amide bonds. The summed E-state index contributed by atoms with van der Waals surface area (Å²) in [7, 11) is -3.34. The molecule has 2 N–H and O–H groups in total. The summed E-state index contributed by atoms with van der Waals surface area (Å²) in [5, 5.41) is 3.51. The standard InChI is InChI=1S/C22H37N3O2S2/c1-22(2,3)28-24-20-9-7-18(8-10-20)17-23-19-11-13-21(14-12-19)29(26,27)25-15-5-4-6-16-25/h11-14,18,20,23-24H,4-10,15-17H2,1-3H3. The van der Waals surface area contributed by atoms with Crippen LogP contribution in [0.25, 0.3) is 0 Å². The summed E-state index contributed by atoms with van der Waals surface area (Å²) in [4.78, 5) is 0.410. The van der Waals surface area contributed by atoms with Crippen LogP contribution in [0.3, 0.4) is 0 Å². The van der Waals surface area contributed by atoms with Crippen LogP contribution in [-0.4, -0.2) is 43.1 Å². The average Bonchev–Trinajstić information content (AvgIpc) is 2.72. The number of hydrogen-bond donors (Lipinski definition) is 2. The fourth-order valence-corrected chi connectivity index (χ4v) is 6.28. The molecule has 1 saturated carbocycles. The Labute approximate surface area is 181 Å². The fraction of sp³-hybridized carbons (Fsp3) is 0.727. The van der Waals surface area contributed by atoms with Gasteiger partial charge < -0.3 is 5.32 Å². The van der Waals surface area contributed by atoms with Crippen LogP contribution in [0.15, 0.2) is 29.2 Å². The van der Waals surface area contributed by atoms with Gasteiger partial charge in [0.15, 0.2) is 0 Å². The van der Waals surface area contributed by atoms with E-state index in [9.17, 15) is 8.42 Å². The van der Waals surface area contributed by atoms with Crippen molar-refractivity contribution in [3.63, 3.8) is 0 Å². The molecule has 3 rings (SSSR count). The van der Waals surface area contributed by atoms with Crippen LogP contribution < -0.4 is 10.0 Å². The molecule has 0 bridgehead atoms. The number of nitrogens with one attached hydrogen (secondary N) is 2. The summed E-state index contributed by atoms with van der Waals surface area (Å²) >= 11 is 1.85. The average molecular weight is 440 g/mol. The Hall–Kier alpha value is -0.760. The van der Waals surface area contributed by atoms with Crippen molar-refractivity contribution in [2.75, 3.05) is 25.0 Å². The van der Waals surface area contributed by atoms with Crippen LogP contribution in [-0.2, 0) is 10.0 Å². The van der Waals surface area contributed by atoms with Crippen LogP contribution >= 0.6 is 11.9 Å². The Bertz CT molecular complexity index is 730. The van der Waals surface area contributed by atoms with Crippen molar-refractivity contribution in [1.82, 2.24) is 9.03 Å². The number of hydrogen-bond acceptors (Lipinski definition) is 5. The SMILES string of the molecule is CC(C)(C)SNC1CCC(CNc2ccc(S(=O)(=O)N3CCCCC3)cc2)CC1. The summed E-state index contributed by atoms with van der Waals surface area (Å²) in [6.45, 7) is 8.97. The second kappa shape index (κ2) is 10.0. The van der Waals surface area contributed by atoms with Gasteiger partial charge in [-0.3, -0.25) is 4.72 Å². The monoisotopic (exact) mass is 439 g/mol. The lowest BCUT2D eigenvalue weighted by molar-refractivity contribution is 0.328. The van der Waals surface area contributed by atoms with E-state index in [0.29, 0.717) is 29.9 Å². The van der Waals surface area contributed by atoms with Gasteiger partial charge in [0.2, 0.25) is 10.0 Å². The van der Waals surface area contributed by atoms with Crippen molar-refractivity contribution in [2.45, 2.75) is 81.4 Å². The molecule has 0 unspecified atom stereocenters. The van der Waals surface area contributed by atoms with Gasteiger partial charge in [-0.15, -0.1) is 0 Å². The summed E-state index contributed by atoms with van der Waals surface area (Å²) in [5.74, 6) is 0.685. The van der Waals surface area contributed by atoms with Gasteiger partial charge in [0, 0.05) is 36.1 Å². The maximum Gasteiger partial charge on any atom is 0.243 e. The van der Waals surface area contributed by atoms with Gasteiger partial charge in [0.05, 0.1) is 4.90 Å². The van der Waals surface area contributed by atoms with E-state index < -0.39 is 10.0 Å². The molecule has 1 aromatic carbocycles. The lowest BCUT2D eigenvalue weighted by Crippen LogP contribution is -2.35. The predicted octanol–water partition coefficient (Wildman–Crippen LogP) is 4.87. The van der Waals surface area contributed by atoms with Crippen molar-refractivity contribution in [2.24, 2.45) is 5.92 Å². The van der Waals surface area contributed by atoms with E-state index >= 15 is 0 Å². The van der Waals surface area contributed by atoms with Gasteiger partial charge in [0.25, 0.3) is 0 Å². The first-order valence-electron chi connectivity index (χ1n) is 11.0. The van der Waals surface area contributed by atoms with E-state index in [1.54, 1.807) is 16.4 Å². The van der Waals surface area contributed by atoms with Crippen LogP contribution in [0.5, 0.6) is 0 Å². The molecule has 0 aromatic heterocycles. The Morgan fingerprint density at radius 2 is 1.62 bits per heavy atom. The highest BCUT2D eigenvalue weighted by Crippen LogP contribution is 2.29. The number of piperidine rings is 1. The lowest BCUT2D eigenvalue weighted by Gasteiger charge is -2.31. The van der Waals surface area contributed by atoms with Crippen molar-refractivity contribution in [1.29, 1.82) is 0 Å². The zero-order valence-electron chi connectivity index (χ0n) is 18.1. The molecule has 164 valence electrons. The summed E-state index contributed by atoms with van der Waals surface area (Å²) in [6, 6.07) is 7.93. The van der Waals surface area contributed by atoms with Crippen molar-refractivity contribution >= 4 is 27.7 Å². The van der Waals surface area contributed by atoms with Crippen molar-refractivity contribution in [3.05, 3.63) is 24.3 Å². The van der Waals surface area contributed by atoms with Gasteiger partial charge in [-0.25, -0.2) is 8.42 Å². The first kappa shape index (κ1) is 22.9. The number of sulfonamides is 1. The molecule has 2 fully saturated rings. The zero-order chi connectivity index (χ0) is 20.9. The summed E-state index contributed by atoms with van der Waals surface area (Å²) < 4.78 is 31.0. The third-order valence-electron chi connectivity index (χ3n) is 5.78. The van der Waals surface area contributed by atoms with Crippen molar-refractivity contribution in [3.8, 4) is 0 Å². The van der Waals surface area contributed by atoms with E-state index in [1.165, 1.54) is 25.7 Å². The molecule has 1 aliphatic carbocycles. The maximum absolute atomic E-state index is 12.7. The van der Waals surface area contributed by atoms with Crippen LogP contribution in [0.2, 0.25) is 0 Å². The molecular formula is C22H37N3O2S2. The first-order valence-corrected chi connectivity index (χ1v) is 13.3. The van der Waals surface area contributed by atoms with Crippen LogP contribution in [0.1, 0.15) is 65.7 Å². The normalized spacial score (nSPS) is 24.4. The van der Waals surface area contributed by atoms with Gasteiger partial charge >= 0.3 is 0 Å². The smallest absolute Gasteiger partial charge is 0.243 e. The predicted molar refractivity (Wildman–Crippen MR) is 124 cm³/mol. The van der Waals surface area contributed by atoms with E-state index in [4.69, 9.17) is 0 Å². The van der Waals surface area contributed by atoms with Gasteiger partial charge in [0.1, 0.15) is 0 Å². The molecule has 2 aliphatic rings. The number of anilines is 1. The Morgan fingerprint density at radius 3 is 2.21 bits per heavy atom. The summed E-state index contributed by atoms with van der Waals surface area (Å²) in [5.41, 5.74) is 1.01. The van der Waals surface area contributed by atoms with Crippen molar-refractivity contribution < 1.29 is 8.42 Å². The third-order valence-corrected chi connectivity index (χ3v) is 8.76. The molecule has 0 spiro atoms. The van der Waals surface area contributed by atoms with E-state index in [2.05, 4.69) is 30.8 Å². The number of benzene rings is 1. The lowest BCUT2D eigenvalue weighted by atomic mass is 9.86. The minimum Gasteiger partial charge on any atom is -0.385 e. The van der Waals surface area contributed by atoms with Gasteiger partial charge in [-0.05, 0) is 89.5 Å². The molecule has 0 radical (unpaired) electrons. The molecule has 5 nitrogen and oxygen atoms in total. The van der Waals surface area contributed by atoms with E-state index in [0.717, 1.165) is 31.5 Å². The molecule has 1 aliphatic heterocycles. The molecule has 7 heteroatoms. The highest BCUT2D eigenvalue weighted by molar-refractivity contribution is 7.98. The van der Waals surface area contributed by atoms with Gasteiger partial charge in [-0.1, -0.05) is 18.4 Å². The maximum atomic E-state index is 12.7. The van der Waals surface area contributed by atoms with E-state index in [-0.39, 0.29) is 4.75 Å². The topological polar surface area (TPSA) is 61.4 Å². The molecule has 1 aromatic rings. The third kappa shape index (κ3) is 6.88. The molecular weight excluding hydrogens is 402 g/mol. The molecule has 29 heavy (non-hydrogen) atoms. The first-order chi connectivity index (χ1) is 13.7. The number of nitrogens with zero attached hydrogens (tertiary/aromatic N) is 1. The Morgan fingerprint density at radius 1 is 1.00 bits per heavy atom. The number of rotatable bonds is 7. The fourth-order valence-electron chi connectivity index (χ4n) is 4.01. The molecule has 1 heterocycles. The Balaban J connectivity index is 1.44. The zero-order valence-corrected chi connectivity index (χ0v) is 19.7. The van der Waals surface area contributed by atoms with Crippen LogP contribution in [0, 0.1) is 5.92 Å². The van der Waals surface area contributed by atoms with E-state index in [1.807, 2.05) is 24.1 Å².